The number of carbonyl (C=O) groups is 2. The molecule has 0 bridgehead atoms. The van der Waals surface area contributed by atoms with Crippen molar-refractivity contribution < 1.29 is 23.1 Å². The Hall–Kier alpha value is -1.98. The minimum Gasteiger partial charge on any atom is -0.468 e. The fourth-order valence-corrected chi connectivity index (χ4v) is 1.38. The molecule has 1 rings (SSSR count). The summed E-state index contributed by atoms with van der Waals surface area (Å²) in [6, 6.07) is 2.59. The molecule has 0 unspecified atom stereocenters. The number of methoxy groups -OCH3 is 1. The zero-order chi connectivity index (χ0) is 13.7. The molecule has 0 fully saturated rings. The van der Waals surface area contributed by atoms with Crippen molar-refractivity contribution in [2.75, 3.05) is 20.2 Å². The van der Waals surface area contributed by atoms with Crippen LogP contribution >= 0.6 is 0 Å². The Kier molecular flexibility index (Phi) is 4.76. The summed E-state index contributed by atoms with van der Waals surface area (Å²) in [5.41, 5.74) is -0.402. The first-order chi connectivity index (χ1) is 8.49. The summed E-state index contributed by atoms with van der Waals surface area (Å²) in [6.07, 6.45) is 0. The summed E-state index contributed by atoms with van der Waals surface area (Å²) in [5, 5.41) is 0. The van der Waals surface area contributed by atoms with Crippen LogP contribution in [0.4, 0.5) is 8.78 Å². The third-order valence-electron chi connectivity index (χ3n) is 2.38. The van der Waals surface area contributed by atoms with Crippen molar-refractivity contribution in [3.05, 3.63) is 35.4 Å². The molecule has 98 valence electrons. The van der Waals surface area contributed by atoms with Gasteiger partial charge in [-0.3, -0.25) is 9.59 Å². The number of benzene rings is 1. The molecule has 1 aromatic rings. The number of esters is 1. The lowest BCUT2D eigenvalue weighted by Crippen LogP contribution is -2.36. The van der Waals surface area contributed by atoms with Crippen LogP contribution in [0.2, 0.25) is 0 Å². The van der Waals surface area contributed by atoms with Crippen LogP contribution in [0.1, 0.15) is 17.3 Å². The Bertz CT molecular complexity index is 463. The monoisotopic (exact) mass is 257 g/mol. The molecule has 1 amide bonds. The molecule has 0 saturated heterocycles. The molecule has 0 saturated carbocycles. The van der Waals surface area contributed by atoms with E-state index in [4.69, 9.17) is 0 Å². The molecule has 0 aliphatic carbocycles. The molecular weight excluding hydrogens is 244 g/mol. The second kappa shape index (κ2) is 6.09. The van der Waals surface area contributed by atoms with E-state index >= 15 is 0 Å². The van der Waals surface area contributed by atoms with Crippen molar-refractivity contribution in [3.63, 3.8) is 0 Å². The normalized spacial score (nSPS) is 10.0. The van der Waals surface area contributed by atoms with Crippen LogP contribution in [0.3, 0.4) is 0 Å². The molecule has 4 nitrogen and oxygen atoms in total. The highest BCUT2D eigenvalue weighted by Crippen LogP contribution is 2.12. The molecule has 0 heterocycles. The molecule has 0 radical (unpaired) electrons. The largest absolute Gasteiger partial charge is 0.468 e. The third kappa shape index (κ3) is 3.26. The van der Waals surface area contributed by atoms with Gasteiger partial charge in [-0.1, -0.05) is 0 Å². The van der Waals surface area contributed by atoms with Gasteiger partial charge in [0.1, 0.15) is 18.2 Å². The van der Waals surface area contributed by atoms with E-state index in [1.165, 1.54) is 7.11 Å². The molecule has 0 aliphatic heterocycles. The minimum absolute atomic E-state index is 0.184. The lowest BCUT2D eigenvalue weighted by Gasteiger charge is -2.19. The van der Waals surface area contributed by atoms with E-state index in [-0.39, 0.29) is 13.1 Å². The lowest BCUT2D eigenvalue weighted by molar-refractivity contribution is -0.141. The maximum absolute atomic E-state index is 13.4. The van der Waals surface area contributed by atoms with Crippen LogP contribution in [0, 0.1) is 11.6 Å². The Balaban J connectivity index is 2.96. The van der Waals surface area contributed by atoms with E-state index in [0.29, 0.717) is 0 Å². The SMILES string of the molecule is CCN(CC(=O)OC)C(=O)c1cc(F)ccc1F. The molecule has 0 aliphatic rings. The smallest absolute Gasteiger partial charge is 0.325 e. The maximum Gasteiger partial charge on any atom is 0.325 e. The van der Waals surface area contributed by atoms with Crippen molar-refractivity contribution in [3.8, 4) is 0 Å². The van der Waals surface area contributed by atoms with E-state index in [9.17, 15) is 18.4 Å². The molecule has 0 atom stereocenters. The number of hydrogen-bond donors (Lipinski definition) is 0. The van der Waals surface area contributed by atoms with Gasteiger partial charge < -0.3 is 9.64 Å². The average molecular weight is 257 g/mol. The zero-order valence-corrected chi connectivity index (χ0v) is 10.1. The van der Waals surface area contributed by atoms with Crippen molar-refractivity contribution >= 4 is 11.9 Å². The first kappa shape index (κ1) is 14.1. The quantitative estimate of drug-likeness (QED) is 0.770. The number of likely N-dealkylation sites (N-methyl/N-ethyl adjacent to an activating group) is 1. The van der Waals surface area contributed by atoms with Gasteiger partial charge in [0.05, 0.1) is 12.7 Å². The Morgan fingerprint density at radius 2 is 2.00 bits per heavy atom. The maximum atomic E-state index is 13.4. The van der Waals surface area contributed by atoms with Crippen molar-refractivity contribution in [1.29, 1.82) is 0 Å². The van der Waals surface area contributed by atoms with Crippen molar-refractivity contribution in [1.82, 2.24) is 4.90 Å². The van der Waals surface area contributed by atoms with Gasteiger partial charge in [-0.2, -0.15) is 0 Å². The van der Waals surface area contributed by atoms with Gasteiger partial charge >= 0.3 is 5.97 Å². The van der Waals surface area contributed by atoms with E-state index in [1.54, 1.807) is 6.92 Å². The number of carbonyl (C=O) groups excluding carboxylic acids is 2. The summed E-state index contributed by atoms with van der Waals surface area (Å²) in [6.45, 7) is 1.50. The van der Waals surface area contributed by atoms with Gasteiger partial charge in [0, 0.05) is 6.54 Å². The Morgan fingerprint density at radius 3 is 2.56 bits per heavy atom. The van der Waals surface area contributed by atoms with Gasteiger partial charge in [-0.15, -0.1) is 0 Å². The van der Waals surface area contributed by atoms with E-state index in [2.05, 4.69) is 4.74 Å². The number of halogens is 2. The average Bonchev–Trinajstić information content (AvgIpc) is 2.37. The van der Waals surface area contributed by atoms with Crippen LogP contribution in [0.5, 0.6) is 0 Å². The minimum atomic E-state index is -0.829. The number of amides is 1. The van der Waals surface area contributed by atoms with Gasteiger partial charge in [0.25, 0.3) is 5.91 Å². The summed E-state index contributed by atoms with van der Waals surface area (Å²) in [7, 11) is 1.18. The van der Waals surface area contributed by atoms with Gasteiger partial charge in [0.15, 0.2) is 0 Å². The fourth-order valence-electron chi connectivity index (χ4n) is 1.38. The molecule has 0 N–H and O–H groups in total. The topological polar surface area (TPSA) is 46.6 Å². The zero-order valence-electron chi connectivity index (χ0n) is 10.1. The van der Waals surface area contributed by atoms with E-state index in [0.717, 1.165) is 23.1 Å². The number of nitrogens with zero attached hydrogens (tertiary/aromatic N) is 1. The molecule has 1 aromatic carbocycles. The highest BCUT2D eigenvalue weighted by Gasteiger charge is 2.21. The summed E-state index contributed by atoms with van der Waals surface area (Å²) < 4.78 is 30.8. The first-order valence-electron chi connectivity index (χ1n) is 5.30. The highest BCUT2D eigenvalue weighted by atomic mass is 19.1. The summed E-state index contributed by atoms with van der Waals surface area (Å²) in [4.78, 5) is 24.1. The summed E-state index contributed by atoms with van der Waals surface area (Å²) >= 11 is 0. The van der Waals surface area contributed by atoms with E-state index < -0.39 is 29.1 Å². The van der Waals surface area contributed by atoms with Crippen LogP contribution < -0.4 is 0 Å². The van der Waals surface area contributed by atoms with Crippen LogP contribution in [-0.4, -0.2) is 37.0 Å². The third-order valence-corrected chi connectivity index (χ3v) is 2.38. The predicted molar refractivity (Wildman–Crippen MR) is 60.0 cm³/mol. The predicted octanol–water partition coefficient (Wildman–Crippen LogP) is 1.60. The molecule has 18 heavy (non-hydrogen) atoms. The van der Waals surface area contributed by atoms with Crippen LogP contribution in [0.25, 0.3) is 0 Å². The first-order valence-corrected chi connectivity index (χ1v) is 5.30. The van der Waals surface area contributed by atoms with Crippen LogP contribution in [-0.2, 0) is 9.53 Å². The van der Waals surface area contributed by atoms with E-state index in [1.807, 2.05) is 0 Å². The highest BCUT2D eigenvalue weighted by molar-refractivity contribution is 5.96. The number of rotatable bonds is 4. The fraction of sp³-hybridized carbons (Fsp3) is 0.333. The Labute approximate surface area is 103 Å². The molecule has 0 aromatic heterocycles. The second-order valence-electron chi connectivity index (χ2n) is 3.52. The number of hydrogen-bond acceptors (Lipinski definition) is 3. The molecule has 6 heteroatoms. The van der Waals surface area contributed by atoms with Gasteiger partial charge in [-0.25, -0.2) is 8.78 Å². The molecule has 0 spiro atoms. The molecular formula is C12H13F2NO3. The van der Waals surface area contributed by atoms with Gasteiger partial charge in [0.2, 0.25) is 0 Å². The Morgan fingerprint density at radius 1 is 1.33 bits per heavy atom. The number of ether oxygens (including phenoxy) is 1. The van der Waals surface area contributed by atoms with Gasteiger partial charge in [-0.05, 0) is 25.1 Å². The van der Waals surface area contributed by atoms with Crippen molar-refractivity contribution in [2.24, 2.45) is 0 Å². The summed E-state index contributed by atoms with van der Waals surface area (Å²) in [5.74, 6) is -2.92. The lowest BCUT2D eigenvalue weighted by atomic mass is 10.1. The van der Waals surface area contributed by atoms with Crippen molar-refractivity contribution in [2.45, 2.75) is 6.92 Å². The van der Waals surface area contributed by atoms with Crippen LogP contribution in [0.15, 0.2) is 18.2 Å². The standard InChI is InChI=1S/C12H13F2NO3/c1-3-15(7-11(16)18-2)12(17)9-6-8(13)4-5-10(9)14/h4-6H,3,7H2,1-2H3. The second-order valence-corrected chi connectivity index (χ2v) is 3.52.